The normalized spacial score (nSPS) is 11.3. The smallest absolute Gasteiger partial charge is 0.251 e. The second-order valence-electron chi connectivity index (χ2n) is 9.70. The van der Waals surface area contributed by atoms with Crippen LogP contribution in [-0.2, 0) is 0 Å². The molecule has 0 aliphatic rings. The SMILES string of the molecule is c1ccc(-c2cncc([Si](c3cccnc3)(c3cncc(-c4ccncc4)n3)c3cncc(-c4ccncc4)n3)n2)cc1. The van der Waals surface area contributed by atoms with Crippen molar-refractivity contribution in [2.45, 2.75) is 0 Å². The lowest BCUT2D eigenvalue weighted by atomic mass is 10.2. The van der Waals surface area contributed by atoms with E-state index in [1.54, 1.807) is 49.6 Å². The first kappa shape index (κ1) is 26.1. The highest BCUT2D eigenvalue weighted by atomic mass is 28.3. The predicted octanol–water partition coefficient (Wildman–Crippen LogP) is 2.62. The summed E-state index contributed by atoms with van der Waals surface area (Å²) < 4.78 is 0. The fraction of sp³-hybridized carbons (Fsp3) is 0. The highest BCUT2D eigenvalue weighted by Crippen LogP contribution is 2.18. The van der Waals surface area contributed by atoms with Crippen LogP contribution in [0.25, 0.3) is 33.8 Å². The Bertz CT molecular complexity index is 1780. The lowest BCUT2D eigenvalue weighted by Gasteiger charge is -2.30. The van der Waals surface area contributed by atoms with Crippen molar-refractivity contribution in [3.05, 3.63) is 141 Å². The average Bonchev–Trinajstić information content (AvgIpc) is 3.11. The molecule has 204 valence electrons. The van der Waals surface area contributed by atoms with Crippen LogP contribution >= 0.6 is 0 Å². The van der Waals surface area contributed by atoms with Crippen LogP contribution in [-0.4, -0.2) is 52.9 Å². The van der Waals surface area contributed by atoms with Crippen LogP contribution in [0, 0.1) is 0 Å². The zero-order chi connectivity index (χ0) is 28.9. The van der Waals surface area contributed by atoms with Crippen LogP contribution in [0.15, 0.2) is 141 Å². The first-order chi connectivity index (χ1) is 21.3. The number of rotatable bonds is 7. The zero-order valence-corrected chi connectivity index (χ0v) is 23.8. The molecule has 0 aliphatic carbocycles. The minimum atomic E-state index is -3.41. The van der Waals surface area contributed by atoms with Gasteiger partial charge in [0.1, 0.15) is 0 Å². The fourth-order valence-corrected chi connectivity index (χ4v) is 9.09. The van der Waals surface area contributed by atoms with E-state index in [4.69, 9.17) is 29.9 Å². The minimum Gasteiger partial charge on any atom is -0.265 e. The van der Waals surface area contributed by atoms with Crippen molar-refractivity contribution in [2.24, 2.45) is 0 Å². The molecule has 0 spiro atoms. The minimum absolute atomic E-state index is 0.714. The Balaban J connectivity index is 1.56. The molecule has 0 saturated heterocycles. The predicted molar refractivity (Wildman–Crippen MR) is 167 cm³/mol. The molecule has 0 unspecified atom stereocenters. The molecule has 0 amide bonds. The van der Waals surface area contributed by atoms with E-state index in [1.807, 2.05) is 85.5 Å². The van der Waals surface area contributed by atoms with Gasteiger partial charge in [-0.25, -0.2) is 0 Å². The van der Waals surface area contributed by atoms with Gasteiger partial charge in [0.25, 0.3) is 8.07 Å². The highest BCUT2D eigenvalue weighted by molar-refractivity contribution is 7.18. The first-order valence-electron chi connectivity index (χ1n) is 13.6. The lowest BCUT2D eigenvalue weighted by molar-refractivity contribution is 1.19. The van der Waals surface area contributed by atoms with Crippen molar-refractivity contribution in [3.63, 3.8) is 0 Å². The molecule has 43 heavy (non-hydrogen) atoms. The van der Waals surface area contributed by atoms with E-state index < -0.39 is 8.07 Å². The van der Waals surface area contributed by atoms with Gasteiger partial charge >= 0.3 is 0 Å². The molecular formula is C33H23N9Si. The van der Waals surface area contributed by atoms with E-state index in [0.29, 0.717) is 11.4 Å². The van der Waals surface area contributed by atoms with E-state index in [1.165, 1.54) is 0 Å². The highest BCUT2D eigenvalue weighted by Gasteiger charge is 2.48. The van der Waals surface area contributed by atoms with Crippen molar-refractivity contribution in [1.82, 2.24) is 44.9 Å². The molecule has 6 aromatic heterocycles. The molecule has 0 atom stereocenters. The Morgan fingerprint density at radius 1 is 0.349 bits per heavy atom. The van der Waals surface area contributed by atoms with Crippen LogP contribution in [0.1, 0.15) is 0 Å². The third-order valence-corrected chi connectivity index (χ3v) is 11.4. The Kier molecular flexibility index (Phi) is 7.00. The summed E-state index contributed by atoms with van der Waals surface area (Å²) >= 11 is 0. The molecule has 9 nitrogen and oxygen atoms in total. The Morgan fingerprint density at radius 3 is 1.26 bits per heavy atom. The van der Waals surface area contributed by atoms with Gasteiger partial charge in [0.05, 0.1) is 51.6 Å². The van der Waals surface area contributed by atoms with Crippen molar-refractivity contribution in [3.8, 4) is 33.8 Å². The Hall–Kier alpha value is -5.87. The van der Waals surface area contributed by atoms with Gasteiger partial charge in [-0.3, -0.25) is 44.9 Å². The number of benzene rings is 1. The molecule has 0 aliphatic heterocycles. The molecular weight excluding hydrogens is 551 g/mol. The average molecular weight is 574 g/mol. The Labute approximate surface area is 248 Å². The monoisotopic (exact) mass is 573 g/mol. The summed E-state index contributed by atoms with van der Waals surface area (Å²) in [6.07, 6.45) is 21.3. The van der Waals surface area contributed by atoms with E-state index in [2.05, 4.69) is 21.0 Å². The summed E-state index contributed by atoms with van der Waals surface area (Å²) in [7, 11) is -3.41. The molecule has 7 aromatic rings. The summed E-state index contributed by atoms with van der Waals surface area (Å²) in [5.41, 5.74) is 4.94. The summed E-state index contributed by atoms with van der Waals surface area (Å²) in [5.74, 6) is 0. The van der Waals surface area contributed by atoms with Gasteiger partial charge in [0.15, 0.2) is 0 Å². The van der Waals surface area contributed by atoms with Crippen LogP contribution in [0.4, 0.5) is 0 Å². The second kappa shape index (κ2) is 11.5. The van der Waals surface area contributed by atoms with E-state index in [9.17, 15) is 0 Å². The van der Waals surface area contributed by atoms with Crippen LogP contribution in [0.5, 0.6) is 0 Å². The molecule has 0 radical (unpaired) electrons. The quantitative estimate of drug-likeness (QED) is 0.265. The van der Waals surface area contributed by atoms with Crippen LogP contribution < -0.4 is 21.1 Å². The Morgan fingerprint density at radius 2 is 0.814 bits per heavy atom. The van der Waals surface area contributed by atoms with E-state index in [-0.39, 0.29) is 0 Å². The third-order valence-electron chi connectivity index (χ3n) is 7.17. The summed E-state index contributed by atoms with van der Waals surface area (Å²) in [6, 6.07) is 21.7. The topological polar surface area (TPSA) is 116 Å². The third kappa shape index (κ3) is 4.96. The number of pyridine rings is 3. The molecule has 1 aromatic carbocycles. The van der Waals surface area contributed by atoms with E-state index in [0.717, 1.165) is 43.5 Å². The summed E-state index contributed by atoms with van der Waals surface area (Å²) in [5, 5.41) is 3.13. The molecule has 10 heteroatoms. The van der Waals surface area contributed by atoms with Gasteiger partial charge in [-0.15, -0.1) is 0 Å². The number of aromatic nitrogens is 9. The zero-order valence-electron chi connectivity index (χ0n) is 22.8. The molecule has 6 heterocycles. The van der Waals surface area contributed by atoms with Gasteiger partial charge in [0.2, 0.25) is 0 Å². The van der Waals surface area contributed by atoms with Crippen LogP contribution in [0.2, 0.25) is 0 Å². The summed E-state index contributed by atoms with van der Waals surface area (Å²) in [4.78, 5) is 42.7. The maximum absolute atomic E-state index is 5.27. The number of hydrogen-bond donors (Lipinski definition) is 0. The van der Waals surface area contributed by atoms with Crippen LogP contribution in [0.3, 0.4) is 0 Å². The van der Waals surface area contributed by atoms with Crippen molar-refractivity contribution in [1.29, 1.82) is 0 Å². The van der Waals surface area contributed by atoms with Gasteiger partial charge in [-0.2, -0.15) is 0 Å². The fourth-order valence-electron chi connectivity index (χ4n) is 5.13. The van der Waals surface area contributed by atoms with Gasteiger partial charge in [0, 0.05) is 72.5 Å². The largest absolute Gasteiger partial charge is 0.265 e. The molecule has 0 fully saturated rings. The van der Waals surface area contributed by atoms with E-state index >= 15 is 0 Å². The maximum atomic E-state index is 5.27. The molecule has 7 rings (SSSR count). The van der Waals surface area contributed by atoms with Crippen molar-refractivity contribution in [2.75, 3.05) is 0 Å². The lowest BCUT2D eigenvalue weighted by Crippen LogP contribution is -2.77. The van der Waals surface area contributed by atoms with Crippen molar-refractivity contribution >= 4 is 29.2 Å². The van der Waals surface area contributed by atoms with Gasteiger partial charge in [-0.05, 0) is 35.5 Å². The molecule has 0 N–H and O–H groups in total. The first-order valence-corrected chi connectivity index (χ1v) is 15.6. The number of hydrogen-bond acceptors (Lipinski definition) is 9. The van der Waals surface area contributed by atoms with Gasteiger partial charge < -0.3 is 0 Å². The van der Waals surface area contributed by atoms with Crippen molar-refractivity contribution < 1.29 is 0 Å². The van der Waals surface area contributed by atoms with Gasteiger partial charge in [-0.1, -0.05) is 36.4 Å². The standard InChI is InChI=1S/C33H23N9Si/c1-2-5-24(6-3-1)28-18-37-21-31(40-28)43(27-7-4-12-36-17-27,32-22-38-19-29(41-32)25-8-13-34-14-9-25)33-23-39-20-30(42-33)26-10-15-35-16-11-26/h1-23H. The summed E-state index contributed by atoms with van der Waals surface area (Å²) in [6.45, 7) is 0. The molecule has 0 bridgehead atoms. The number of nitrogens with zero attached hydrogens (tertiary/aromatic N) is 9. The second-order valence-corrected chi connectivity index (χ2v) is 13.3. The molecule has 0 saturated carbocycles. The maximum Gasteiger partial charge on any atom is 0.251 e.